The molecule has 2 aromatic rings. The van der Waals surface area contributed by atoms with Gasteiger partial charge in [-0.15, -0.1) is 0 Å². The van der Waals surface area contributed by atoms with Gasteiger partial charge in [-0.2, -0.15) is 0 Å². The van der Waals surface area contributed by atoms with Gasteiger partial charge in [0, 0.05) is 22.6 Å². The molecule has 1 saturated carbocycles. The van der Waals surface area contributed by atoms with Gasteiger partial charge < -0.3 is 9.88 Å². The number of imide groups is 1. The highest BCUT2D eigenvalue weighted by molar-refractivity contribution is 6.11. The summed E-state index contributed by atoms with van der Waals surface area (Å²) in [6, 6.07) is 7.60. The van der Waals surface area contributed by atoms with Gasteiger partial charge in [0.05, 0.1) is 6.54 Å². The van der Waals surface area contributed by atoms with Crippen LogP contribution in [0, 0.1) is 27.7 Å². The van der Waals surface area contributed by atoms with Gasteiger partial charge in [-0.05, 0) is 69.9 Å². The molecule has 29 heavy (non-hydrogen) atoms. The van der Waals surface area contributed by atoms with E-state index in [-0.39, 0.29) is 18.2 Å². The summed E-state index contributed by atoms with van der Waals surface area (Å²) in [5, 5.41) is 2.83. The Morgan fingerprint density at radius 3 is 2.38 bits per heavy atom. The second kappa shape index (κ2) is 6.87. The van der Waals surface area contributed by atoms with E-state index in [1.807, 2.05) is 30.5 Å². The molecule has 6 heteroatoms. The van der Waals surface area contributed by atoms with Crippen LogP contribution in [0.4, 0.5) is 4.79 Å². The minimum absolute atomic E-state index is 0.216. The summed E-state index contributed by atoms with van der Waals surface area (Å²) in [5.41, 5.74) is 4.93. The number of amides is 3. The van der Waals surface area contributed by atoms with E-state index in [0.717, 1.165) is 34.8 Å². The molecule has 1 N–H and O–H groups in total. The zero-order valence-corrected chi connectivity index (χ0v) is 17.5. The first-order valence-electron chi connectivity index (χ1n) is 10.2. The molecule has 6 nitrogen and oxygen atoms in total. The van der Waals surface area contributed by atoms with Crippen molar-refractivity contribution in [3.8, 4) is 5.69 Å². The number of aromatic nitrogens is 1. The fourth-order valence-electron chi connectivity index (χ4n) is 4.67. The third kappa shape index (κ3) is 3.07. The zero-order valence-electron chi connectivity index (χ0n) is 17.5. The van der Waals surface area contributed by atoms with E-state index in [4.69, 9.17) is 0 Å². The van der Waals surface area contributed by atoms with E-state index >= 15 is 0 Å². The highest BCUT2D eigenvalue weighted by atomic mass is 16.2. The molecule has 2 heterocycles. The summed E-state index contributed by atoms with van der Waals surface area (Å²) >= 11 is 0. The molecular weight excluding hydrogens is 366 g/mol. The predicted molar refractivity (Wildman–Crippen MR) is 110 cm³/mol. The van der Waals surface area contributed by atoms with Crippen LogP contribution in [0.15, 0.2) is 24.3 Å². The molecule has 2 aliphatic rings. The molecule has 0 bridgehead atoms. The third-order valence-corrected chi connectivity index (χ3v) is 6.48. The van der Waals surface area contributed by atoms with Gasteiger partial charge in [0.2, 0.25) is 0 Å². The van der Waals surface area contributed by atoms with Crippen molar-refractivity contribution in [3.63, 3.8) is 0 Å². The van der Waals surface area contributed by atoms with E-state index in [1.54, 1.807) is 0 Å². The summed E-state index contributed by atoms with van der Waals surface area (Å²) in [5.74, 6) is -0.469. The van der Waals surface area contributed by atoms with Crippen LogP contribution in [-0.2, 0) is 4.79 Å². The lowest BCUT2D eigenvalue weighted by atomic mass is 9.98. The molecule has 1 aromatic heterocycles. The van der Waals surface area contributed by atoms with E-state index in [9.17, 15) is 14.4 Å². The van der Waals surface area contributed by atoms with Crippen molar-refractivity contribution < 1.29 is 14.4 Å². The fourth-order valence-corrected chi connectivity index (χ4v) is 4.67. The lowest BCUT2D eigenvalue weighted by Gasteiger charge is -2.19. The van der Waals surface area contributed by atoms with Crippen molar-refractivity contribution in [1.82, 2.24) is 14.8 Å². The first kappa shape index (κ1) is 19.4. The van der Waals surface area contributed by atoms with Crippen molar-refractivity contribution in [1.29, 1.82) is 0 Å². The number of carbonyl (C=O) groups is 3. The fraction of sp³-hybridized carbons (Fsp3) is 0.435. The van der Waals surface area contributed by atoms with Crippen molar-refractivity contribution in [2.45, 2.75) is 58.9 Å². The van der Waals surface area contributed by atoms with E-state index < -0.39 is 11.6 Å². The Balaban J connectivity index is 1.61. The Kier molecular flexibility index (Phi) is 4.60. The van der Waals surface area contributed by atoms with Crippen molar-refractivity contribution in [3.05, 3.63) is 52.3 Å². The average molecular weight is 393 g/mol. The first-order valence-corrected chi connectivity index (χ1v) is 10.2. The number of benzene rings is 1. The summed E-state index contributed by atoms with van der Waals surface area (Å²) in [6.07, 6.45) is 3.16. The minimum Gasteiger partial charge on any atom is -0.323 e. The van der Waals surface area contributed by atoms with Crippen LogP contribution in [0.3, 0.4) is 0 Å². The number of urea groups is 1. The van der Waals surface area contributed by atoms with Gasteiger partial charge in [0.15, 0.2) is 5.78 Å². The molecule has 1 aromatic carbocycles. The number of Topliss-reactive ketones (excluding diaryl/α,β-unsaturated/α-hetero) is 1. The lowest BCUT2D eigenvalue weighted by Crippen LogP contribution is -2.44. The topological polar surface area (TPSA) is 71.4 Å². The SMILES string of the molecule is Cc1ccc(-n2c(C)cc(C(=O)CN3C(=O)NC4(CCCC4)C3=O)c2C)cc1C. The van der Waals surface area contributed by atoms with Crippen molar-refractivity contribution >= 4 is 17.7 Å². The molecule has 1 aliphatic heterocycles. The quantitative estimate of drug-likeness (QED) is 0.635. The number of carbonyl (C=O) groups excluding carboxylic acids is 3. The van der Waals surface area contributed by atoms with Crippen LogP contribution in [0.5, 0.6) is 0 Å². The molecule has 1 saturated heterocycles. The van der Waals surface area contributed by atoms with Crippen molar-refractivity contribution in [2.75, 3.05) is 6.54 Å². The second-order valence-electron chi connectivity index (χ2n) is 8.42. The molecule has 4 rings (SSSR count). The Morgan fingerprint density at radius 2 is 1.72 bits per heavy atom. The van der Waals surface area contributed by atoms with Crippen LogP contribution in [0.2, 0.25) is 0 Å². The summed E-state index contributed by atoms with van der Waals surface area (Å²) in [4.78, 5) is 39.4. The monoisotopic (exact) mass is 393 g/mol. The number of nitrogens with zero attached hydrogens (tertiary/aromatic N) is 2. The van der Waals surface area contributed by atoms with Crippen LogP contribution < -0.4 is 5.32 Å². The second-order valence-corrected chi connectivity index (χ2v) is 8.42. The van der Waals surface area contributed by atoms with Crippen molar-refractivity contribution in [2.24, 2.45) is 0 Å². The van der Waals surface area contributed by atoms with Gasteiger partial charge in [-0.25, -0.2) is 4.79 Å². The molecule has 0 unspecified atom stereocenters. The first-order chi connectivity index (χ1) is 13.7. The van der Waals surface area contributed by atoms with Gasteiger partial charge in [-0.1, -0.05) is 18.9 Å². The molecule has 2 fully saturated rings. The summed E-state index contributed by atoms with van der Waals surface area (Å²) in [7, 11) is 0. The van der Waals surface area contributed by atoms with E-state index in [2.05, 4.69) is 31.3 Å². The van der Waals surface area contributed by atoms with E-state index in [0.29, 0.717) is 18.4 Å². The molecule has 1 spiro atoms. The third-order valence-electron chi connectivity index (χ3n) is 6.48. The van der Waals surface area contributed by atoms with E-state index in [1.165, 1.54) is 11.1 Å². The molecule has 152 valence electrons. The number of nitrogens with one attached hydrogen (secondary N) is 1. The number of rotatable bonds is 4. The molecule has 0 radical (unpaired) electrons. The lowest BCUT2D eigenvalue weighted by molar-refractivity contribution is -0.130. The minimum atomic E-state index is -0.784. The number of hydrogen-bond donors (Lipinski definition) is 1. The zero-order chi connectivity index (χ0) is 20.9. The highest BCUT2D eigenvalue weighted by Gasteiger charge is 2.52. The molecule has 1 aliphatic carbocycles. The van der Waals surface area contributed by atoms with Gasteiger partial charge in [0.1, 0.15) is 5.54 Å². The van der Waals surface area contributed by atoms with Gasteiger partial charge in [-0.3, -0.25) is 14.5 Å². The Hall–Kier alpha value is -2.89. The number of ketones is 1. The van der Waals surface area contributed by atoms with Crippen LogP contribution >= 0.6 is 0 Å². The Bertz CT molecular complexity index is 1030. The summed E-state index contributed by atoms with van der Waals surface area (Å²) < 4.78 is 2.05. The molecular formula is C23H27N3O3. The highest BCUT2D eigenvalue weighted by Crippen LogP contribution is 2.35. The molecule has 3 amide bonds. The Labute approximate surface area is 170 Å². The maximum absolute atomic E-state index is 13.0. The van der Waals surface area contributed by atoms with Gasteiger partial charge in [0.25, 0.3) is 5.91 Å². The smallest absolute Gasteiger partial charge is 0.323 e. The van der Waals surface area contributed by atoms with Crippen LogP contribution in [-0.4, -0.2) is 39.3 Å². The van der Waals surface area contributed by atoms with Crippen LogP contribution in [0.1, 0.15) is 58.6 Å². The Morgan fingerprint density at radius 1 is 1.03 bits per heavy atom. The standard InChI is InChI=1S/C23H27N3O3/c1-14-7-8-18(11-15(14)2)26-16(3)12-19(17(26)4)20(27)13-25-21(28)23(24-22(25)29)9-5-6-10-23/h7-8,11-12H,5-6,9-10,13H2,1-4H3,(H,24,29). The molecule has 0 atom stereocenters. The predicted octanol–water partition coefficient (Wildman–Crippen LogP) is 3.76. The number of hydrogen-bond acceptors (Lipinski definition) is 3. The number of aryl methyl sites for hydroxylation is 3. The van der Waals surface area contributed by atoms with Crippen LogP contribution in [0.25, 0.3) is 5.69 Å². The maximum atomic E-state index is 13.0. The largest absolute Gasteiger partial charge is 0.325 e. The average Bonchev–Trinajstić information content (AvgIpc) is 3.32. The normalized spacial score (nSPS) is 18.0. The summed E-state index contributed by atoms with van der Waals surface area (Å²) in [6.45, 7) is 7.78. The van der Waals surface area contributed by atoms with Gasteiger partial charge >= 0.3 is 6.03 Å². The maximum Gasteiger partial charge on any atom is 0.325 e.